The van der Waals surface area contributed by atoms with Crippen LogP contribution in [0.4, 0.5) is 0 Å². The fraction of sp³-hybridized carbons (Fsp3) is 0.300. The van der Waals surface area contributed by atoms with Gasteiger partial charge in [0, 0.05) is 0 Å². The van der Waals surface area contributed by atoms with Crippen molar-refractivity contribution in [2.24, 2.45) is 0 Å². The van der Waals surface area contributed by atoms with Crippen LogP contribution in [0.25, 0.3) is 0 Å². The van der Waals surface area contributed by atoms with Crippen molar-refractivity contribution in [1.29, 1.82) is 0 Å². The summed E-state index contributed by atoms with van der Waals surface area (Å²) in [4.78, 5) is 10.3. The maximum atomic E-state index is 11.7. The number of para-hydroxylation sites is 1. The molecule has 0 radical (unpaired) electrons. The Morgan fingerprint density at radius 3 is 2.60 bits per heavy atom. The molecule has 0 spiro atoms. The summed E-state index contributed by atoms with van der Waals surface area (Å²) in [6.45, 7) is 2.00. The smallest absolute Gasteiger partial charge is 0.298 e. The number of hydrogen-bond donors (Lipinski definition) is 0. The van der Waals surface area contributed by atoms with Crippen LogP contribution in [-0.4, -0.2) is 20.6 Å². The zero-order valence-electron chi connectivity index (χ0n) is 8.34. The fourth-order valence-electron chi connectivity index (χ4n) is 1.23. The molecule has 0 fully saturated rings. The first-order valence-electron chi connectivity index (χ1n) is 4.54. The SMILES string of the molecule is CCCS(=O)(=O)c1ccccc1OC=O. The molecule has 0 aliphatic heterocycles. The van der Waals surface area contributed by atoms with E-state index in [-0.39, 0.29) is 22.9 Å². The van der Waals surface area contributed by atoms with Crippen LogP contribution in [0, 0.1) is 0 Å². The van der Waals surface area contributed by atoms with Gasteiger partial charge in [-0.05, 0) is 18.6 Å². The summed E-state index contributed by atoms with van der Waals surface area (Å²) in [7, 11) is -3.35. The van der Waals surface area contributed by atoms with Crippen LogP contribution < -0.4 is 4.74 Å². The molecule has 0 aliphatic rings. The van der Waals surface area contributed by atoms with Gasteiger partial charge in [-0.25, -0.2) is 8.42 Å². The topological polar surface area (TPSA) is 60.4 Å². The molecule has 4 nitrogen and oxygen atoms in total. The molecule has 1 aromatic rings. The van der Waals surface area contributed by atoms with E-state index < -0.39 is 9.84 Å². The van der Waals surface area contributed by atoms with Gasteiger partial charge >= 0.3 is 0 Å². The second-order valence-corrected chi connectivity index (χ2v) is 5.06. The first-order chi connectivity index (χ1) is 7.11. The molecule has 15 heavy (non-hydrogen) atoms. The van der Waals surface area contributed by atoms with E-state index in [2.05, 4.69) is 4.74 Å². The van der Waals surface area contributed by atoms with E-state index in [1.807, 2.05) is 0 Å². The molecule has 0 aliphatic carbocycles. The average molecular weight is 228 g/mol. The van der Waals surface area contributed by atoms with Gasteiger partial charge in [0.05, 0.1) is 5.75 Å². The van der Waals surface area contributed by atoms with Crippen molar-refractivity contribution in [3.8, 4) is 5.75 Å². The van der Waals surface area contributed by atoms with Crippen molar-refractivity contribution >= 4 is 16.3 Å². The van der Waals surface area contributed by atoms with Crippen LogP contribution in [0.15, 0.2) is 29.2 Å². The number of rotatable bonds is 5. The first-order valence-corrected chi connectivity index (χ1v) is 6.19. The zero-order valence-corrected chi connectivity index (χ0v) is 9.16. The van der Waals surface area contributed by atoms with E-state index in [1.54, 1.807) is 19.1 Å². The summed E-state index contributed by atoms with van der Waals surface area (Å²) in [6.07, 6.45) is 0.526. The second-order valence-electron chi connectivity index (χ2n) is 2.98. The lowest BCUT2D eigenvalue weighted by atomic mass is 10.3. The summed E-state index contributed by atoms with van der Waals surface area (Å²) in [5.41, 5.74) is 0. The van der Waals surface area contributed by atoms with E-state index in [0.717, 1.165) is 0 Å². The fourth-order valence-corrected chi connectivity index (χ4v) is 2.70. The highest BCUT2D eigenvalue weighted by Gasteiger charge is 2.18. The number of ether oxygens (including phenoxy) is 1. The van der Waals surface area contributed by atoms with Crippen molar-refractivity contribution in [3.05, 3.63) is 24.3 Å². The van der Waals surface area contributed by atoms with Crippen LogP contribution in [0.2, 0.25) is 0 Å². The van der Waals surface area contributed by atoms with E-state index >= 15 is 0 Å². The van der Waals surface area contributed by atoms with Gasteiger partial charge in [-0.3, -0.25) is 4.79 Å². The standard InChI is InChI=1S/C10H12O4S/c1-2-7-15(12,13)10-6-4-3-5-9(10)14-8-11/h3-6,8H,2,7H2,1H3. The summed E-state index contributed by atoms with van der Waals surface area (Å²) in [6, 6.07) is 6.10. The molecule has 1 rings (SSSR count). The predicted molar refractivity (Wildman–Crippen MR) is 55.5 cm³/mol. The average Bonchev–Trinajstić information content (AvgIpc) is 2.19. The molecule has 0 N–H and O–H groups in total. The van der Waals surface area contributed by atoms with Gasteiger partial charge in [0.2, 0.25) is 0 Å². The van der Waals surface area contributed by atoms with Crippen LogP contribution >= 0.6 is 0 Å². The maximum Gasteiger partial charge on any atom is 0.298 e. The maximum absolute atomic E-state index is 11.7. The van der Waals surface area contributed by atoms with Gasteiger partial charge in [0.1, 0.15) is 10.6 Å². The van der Waals surface area contributed by atoms with Crippen LogP contribution in [-0.2, 0) is 14.6 Å². The van der Waals surface area contributed by atoms with E-state index in [9.17, 15) is 13.2 Å². The second kappa shape index (κ2) is 4.93. The summed E-state index contributed by atoms with van der Waals surface area (Å²) < 4.78 is 28.1. The monoisotopic (exact) mass is 228 g/mol. The molecule has 0 amide bonds. The van der Waals surface area contributed by atoms with Gasteiger partial charge in [-0.15, -0.1) is 0 Å². The lowest BCUT2D eigenvalue weighted by Gasteiger charge is -2.06. The van der Waals surface area contributed by atoms with E-state index in [1.165, 1.54) is 12.1 Å². The Labute approximate surface area is 88.8 Å². The van der Waals surface area contributed by atoms with Crippen molar-refractivity contribution < 1.29 is 17.9 Å². The largest absolute Gasteiger partial charge is 0.427 e. The molecule has 0 bridgehead atoms. The molecule has 82 valence electrons. The molecule has 1 aromatic carbocycles. The number of carbonyl (C=O) groups is 1. The summed E-state index contributed by atoms with van der Waals surface area (Å²) in [5.74, 6) is 0.132. The van der Waals surface area contributed by atoms with Crippen molar-refractivity contribution in [2.75, 3.05) is 5.75 Å². The number of sulfone groups is 1. The van der Waals surface area contributed by atoms with Gasteiger partial charge in [0.15, 0.2) is 9.84 Å². The van der Waals surface area contributed by atoms with Crippen LogP contribution in [0.3, 0.4) is 0 Å². The highest BCUT2D eigenvalue weighted by Crippen LogP contribution is 2.24. The third kappa shape index (κ3) is 2.79. The minimum Gasteiger partial charge on any atom is -0.427 e. The summed E-state index contributed by atoms with van der Waals surface area (Å²) in [5, 5.41) is 0. The minimum absolute atomic E-state index is 0.0478. The molecule has 0 aromatic heterocycles. The normalized spacial score (nSPS) is 11.0. The molecule has 0 atom stereocenters. The Bertz CT molecular complexity index is 436. The van der Waals surface area contributed by atoms with E-state index in [0.29, 0.717) is 6.42 Å². The Hall–Kier alpha value is -1.36. The number of carbonyl (C=O) groups excluding carboxylic acids is 1. The Kier molecular flexibility index (Phi) is 3.85. The highest BCUT2D eigenvalue weighted by atomic mass is 32.2. The third-order valence-corrected chi connectivity index (χ3v) is 3.79. The van der Waals surface area contributed by atoms with Crippen molar-refractivity contribution in [1.82, 2.24) is 0 Å². The molecule has 0 unspecified atom stereocenters. The van der Waals surface area contributed by atoms with E-state index in [4.69, 9.17) is 0 Å². The molecular weight excluding hydrogens is 216 g/mol. The highest BCUT2D eigenvalue weighted by molar-refractivity contribution is 7.91. The molecule has 0 heterocycles. The first kappa shape index (κ1) is 11.7. The lowest BCUT2D eigenvalue weighted by Crippen LogP contribution is -2.08. The molecular formula is C10H12O4S. The quantitative estimate of drug-likeness (QED) is 0.715. The lowest BCUT2D eigenvalue weighted by molar-refractivity contribution is -0.120. The Morgan fingerprint density at radius 1 is 1.33 bits per heavy atom. The minimum atomic E-state index is -3.35. The van der Waals surface area contributed by atoms with Crippen molar-refractivity contribution in [2.45, 2.75) is 18.2 Å². The molecule has 5 heteroatoms. The number of benzene rings is 1. The number of hydrogen-bond acceptors (Lipinski definition) is 4. The molecule has 0 saturated heterocycles. The zero-order chi connectivity index (χ0) is 11.3. The van der Waals surface area contributed by atoms with Crippen molar-refractivity contribution in [3.63, 3.8) is 0 Å². The van der Waals surface area contributed by atoms with Gasteiger partial charge < -0.3 is 4.74 Å². The predicted octanol–water partition coefficient (Wildman–Crippen LogP) is 1.41. The van der Waals surface area contributed by atoms with Crippen LogP contribution in [0.1, 0.15) is 13.3 Å². The Balaban J connectivity index is 3.18. The van der Waals surface area contributed by atoms with Crippen LogP contribution in [0.5, 0.6) is 5.75 Å². The Morgan fingerprint density at radius 2 is 2.00 bits per heavy atom. The van der Waals surface area contributed by atoms with Gasteiger partial charge in [-0.2, -0.15) is 0 Å². The third-order valence-electron chi connectivity index (χ3n) is 1.83. The van der Waals surface area contributed by atoms with Gasteiger partial charge in [-0.1, -0.05) is 19.1 Å². The molecule has 0 saturated carbocycles. The summed E-state index contributed by atoms with van der Waals surface area (Å²) >= 11 is 0. The van der Waals surface area contributed by atoms with Gasteiger partial charge in [0.25, 0.3) is 6.47 Å².